The molecule has 0 amide bonds. The first kappa shape index (κ1) is 11.6. The molecule has 0 bridgehead atoms. The second kappa shape index (κ2) is 4.44. The number of aryl methyl sites for hydroxylation is 1. The largest absolute Gasteiger partial charge is 0.355 e. The van der Waals surface area contributed by atoms with Crippen LogP contribution in [0.2, 0.25) is 0 Å². The first-order valence-corrected chi connectivity index (χ1v) is 7.17. The van der Waals surface area contributed by atoms with Gasteiger partial charge in [0.2, 0.25) is 0 Å². The fourth-order valence-electron chi connectivity index (χ4n) is 2.94. The number of nitrogens with zero attached hydrogens (tertiary/aromatic N) is 5. The molecule has 0 radical (unpaired) electrons. The Hall–Kier alpha value is -2.17. The van der Waals surface area contributed by atoms with Crippen LogP contribution in [0.25, 0.3) is 16.8 Å². The maximum atomic E-state index is 4.75. The first-order chi connectivity index (χ1) is 9.83. The van der Waals surface area contributed by atoms with E-state index in [4.69, 9.17) is 4.98 Å². The highest BCUT2D eigenvalue weighted by molar-refractivity contribution is 5.87. The molecule has 1 saturated heterocycles. The van der Waals surface area contributed by atoms with E-state index in [9.17, 15) is 0 Å². The van der Waals surface area contributed by atoms with E-state index in [0.717, 1.165) is 35.7 Å². The molecular formula is C15H17N5. The maximum absolute atomic E-state index is 4.75. The first-order valence-electron chi connectivity index (χ1n) is 7.17. The third-order valence-electron chi connectivity index (χ3n) is 3.98. The zero-order valence-electron chi connectivity index (χ0n) is 11.6. The average molecular weight is 267 g/mol. The molecule has 20 heavy (non-hydrogen) atoms. The van der Waals surface area contributed by atoms with Crippen molar-refractivity contribution in [3.8, 4) is 0 Å². The fourth-order valence-corrected chi connectivity index (χ4v) is 2.94. The molecule has 4 heterocycles. The molecule has 5 heteroatoms. The Kier molecular flexibility index (Phi) is 2.58. The van der Waals surface area contributed by atoms with Crippen molar-refractivity contribution in [2.24, 2.45) is 0 Å². The number of imidazole rings is 1. The monoisotopic (exact) mass is 267 g/mol. The van der Waals surface area contributed by atoms with E-state index in [-0.39, 0.29) is 0 Å². The van der Waals surface area contributed by atoms with Gasteiger partial charge in [0.05, 0.1) is 0 Å². The van der Waals surface area contributed by atoms with Crippen LogP contribution < -0.4 is 4.90 Å². The summed E-state index contributed by atoms with van der Waals surface area (Å²) < 4.78 is 2.04. The van der Waals surface area contributed by atoms with E-state index in [1.54, 1.807) is 6.33 Å². The summed E-state index contributed by atoms with van der Waals surface area (Å²) in [5, 5.41) is 0. The van der Waals surface area contributed by atoms with Crippen LogP contribution in [0.3, 0.4) is 0 Å². The third kappa shape index (κ3) is 1.73. The molecule has 0 atom stereocenters. The lowest BCUT2D eigenvalue weighted by molar-refractivity contribution is 0.574. The number of fused-ring (bicyclic) bond motifs is 3. The predicted octanol–water partition coefficient (Wildman–Crippen LogP) is 2.58. The van der Waals surface area contributed by atoms with Crippen LogP contribution in [0.15, 0.2) is 24.7 Å². The van der Waals surface area contributed by atoms with Gasteiger partial charge in [-0.25, -0.2) is 15.0 Å². The molecule has 0 aromatic carbocycles. The van der Waals surface area contributed by atoms with Crippen molar-refractivity contribution in [2.45, 2.75) is 26.2 Å². The lowest BCUT2D eigenvalue weighted by Crippen LogP contribution is -2.30. The lowest BCUT2D eigenvalue weighted by atomic mass is 10.1. The molecule has 1 fully saturated rings. The van der Waals surface area contributed by atoms with E-state index in [1.807, 2.05) is 10.6 Å². The number of hydrogen-bond donors (Lipinski definition) is 0. The Morgan fingerprint density at radius 2 is 1.95 bits per heavy atom. The Balaban J connectivity index is 1.95. The fraction of sp³-hybridized carbons (Fsp3) is 0.400. The second-order valence-electron chi connectivity index (χ2n) is 5.46. The minimum absolute atomic E-state index is 0.899. The molecule has 102 valence electrons. The van der Waals surface area contributed by atoms with E-state index in [1.165, 1.54) is 24.8 Å². The zero-order valence-corrected chi connectivity index (χ0v) is 11.6. The summed E-state index contributed by atoms with van der Waals surface area (Å²) in [7, 11) is 0. The van der Waals surface area contributed by atoms with Crippen LogP contribution in [-0.4, -0.2) is 32.4 Å². The molecule has 1 aliphatic rings. The molecule has 0 aliphatic carbocycles. The quantitative estimate of drug-likeness (QED) is 0.680. The summed E-state index contributed by atoms with van der Waals surface area (Å²) in [5.74, 6) is 0.982. The number of pyridine rings is 1. The molecule has 4 rings (SSSR count). The van der Waals surface area contributed by atoms with Crippen molar-refractivity contribution >= 4 is 22.6 Å². The summed E-state index contributed by atoms with van der Waals surface area (Å²) in [6.07, 6.45) is 7.47. The summed E-state index contributed by atoms with van der Waals surface area (Å²) in [4.78, 5) is 16.0. The van der Waals surface area contributed by atoms with Gasteiger partial charge in [0.25, 0.3) is 0 Å². The predicted molar refractivity (Wildman–Crippen MR) is 79.1 cm³/mol. The van der Waals surface area contributed by atoms with Crippen molar-refractivity contribution < 1.29 is 0 Å². The normalized spacial score (nSPS) is 16.1. The van der Waals surface area contributed by atoms with Gasteiger partial charge in [-0.2, -0.15) is 0 Å². The van der Waals surface area contributed by atoms with Gasteiger partial charge >= 0.3 is 0 Å². The molecule has 0 saturated carbocycles. The molecule has 5 nitrogen and oxygen atoms in total. The standard InChI is InChI=1S/C15H17N5/c1-11-5-8-20-12(9-11)18-13-14(16-10-17-15(13)20)19-6-3-2-4-7-19/h5,8-10H,2-4,6-7H2,1H3. The van der Waals surface area contributed by atoms with Crippen LogP contribution in [0.4, 0.5) is 5.82 Å². The number of anilines is 1. The van der Waals surface area contributed by atoms with Crippen molar-refractivity contribution in [3.63, 3.8) is 0 Å². The van der Waals surface area contributed by atoms with Gasteiger partial charge in [-0.05, 0) is 43.9 Å². The SMILES string of the molecule is Cc1ccn2c(c1)nc1c(N3CCCCC3)ncnc12. The molecule has 3 aromatic rings. The summed E-state index contributed by atoms with van der Waals surface area (Å²) >= 11 is 0. The van der Waals surface area contributed by atoms with Crippen LogP contribution in [0.5, 0.6) is 0 Å². The summed E-state index contributed by atoms with van der Waals surface area (Å²) in [5.41, 5.74) is 3.97. The second-order valence-corrected chi connectivity index (χ2v) is 5.46. The van der Waals surface area contributed by atoms with Crippen LogP contribution in [-0.2, 0) is 0 Å². The summed E-state index contributed by atoms with van der Waals surface area (Å²) in [6.45, 7) is 4.22. The van der Waals surface area contributed by atoms with E-state index < -0.39 is 0 Å². The number of aromatic nitrogens is 4. The van der Waals surface area contributed by atoms with E-state index in [2.05, 4.69) is 33.9 Å². The Morgan fingerprint density at radius 3 is 2.80 bits per heavy atom. The highest BCUT2D eigenvalue weighted by Gasteiger charge is 2.18. The topological polar surface area (TPSA) is 46.3 Å². The van der Waals surface area contributed by atoms with Gasteiger partial charge in [-0.15, -0.1) is 0 Å². The van der Waals surface area contributed by atoms with Crippen molar-refractivity contribution in [1.29, 1.82) is 0 Å². The zero-order chi connectivity index (χ0) is 13.5. The van der Waals surface area contributed by atoms with Gasteiger partial charge in [0.15, 0.2) is 17.0 Å². The number of rotatable bonds is 1. The molecule has 0 N–H and O–H groups in total. The minimum atomic E-state index is 0.899. The third-order valence-corrected chi connectivity index (χ3v) is 3.98. The Bertz CT molecular complexity index is 770. The minimum Gasteiger partial charge on any atom is -0.355 e. The highest BCUT2D eigenvalue weighted by Crippen LogP contribution is 2.26. The number of piperidine rings is 1. The van der Waals surface area contributed by atoms with Gasteiger partial charge < -0.3 is 4.90 Å². The molecule has 1 aliphatic heterocycles. The molecular weight excluding hydrogens is 250 g/mol. The smallest absolute Gasteiger partial charge is 0.170 e. The van der Waals surface area contributed by atoms with Gasteiger partial charge in [-0.3, -0.25) is 4.40 Å². The average Bonchev–Trinajstić information content (AvgIpc) is 2.85. The molecule has 3 aromatic heterocycles. The lowest BCUT2D eigenvalue weighted by Gasteiger charge is -2.27. The maximum Gasteiger partial charge on any atom is 0.170 e. The van der Waals surface area contributed by atoms with Crippen LogP contribution >= 0.6 is 0 Å². The highest BCUT2D eigenvalue weighted by atomic mass is 15.2. The molecule has 0 spiro atoms. The van der Waals surface area contributed by atoms with Crippen molar-refractivity contribution in [2.75, 3.05) is 18.0 Å². The van der Waals surface area contributed by atoms with Crippen molar-refractivity contribution in [1.82, 2.24) is 19.4 Å². The van der Waals surface area contributed by atoms with E-state index in [0.29, 0.717) is 0 Å². The summed E-state index contributed by atoms with van der Waals surface area (Å²) in [6, 6.07) is 4.17. The van der Waals surface area contributed by atoms with Crippen LogP contribution in [0.1, 0.15) is 24.8 Å². The van der Waals surface area contributed by atoms with Crippen LogP contribution in [0, 0.1) is 6.92 Å². The number of hydrogen-bond acceptors (Lipinski definition) is 4. The van der Waals surface area contributed by atoms with Crippen molar-refractivity contribution in [3.05, 3.63) is 30.2 Å². The molecule has 0 unspecified atom stereocenters. The van der Waals surface area contributed by atoms with E-state index >= 15 is 0 Å². The Labute approximate surface area is 117 Å². The van der Waals surface area contributed by atoms with Gasteiger partial charge in [-0.1, -0.05) is 0 Å². The Morgan fingerprint density at radius 1 is 1.10 bits per heavy atom. The van der Waals surface area contributed by atoms with Gasteiger partial charge in [0.1, 0.15) is 12.0 Å². The van der Waals surface area contributed by atoms with Gasteiger partial charge in [0, 0.05) is 19.3 Å².